The van der Waals surface area contributed by atoms with Gasteiger partial charge in [0.15, 0.2) is 11.7 Å². The van der Waals surface area contributed by atoms with Crippen molar-refractivity contribution in [2.24, 2.45) is 0 Å². The Balaban J connectivity index is 2.26. The predicted molar refractivity (Wildman–Crippen MR) is 110 cm³/mol. The van der Waals surface area contributed by atoms with E-state index in [9.17, 15) is 4.39 Å². The summed E-state index contributed by atoms with van der Waals surface area (Å²) in [5.41, 5.74) is 3.53. The first-order valence-corrected chi connectivity index (χ1v) is 9.82. The van der Waals surface area contributed by atoms with Crippen LogP contribution in [0.1, 0.15) is 44.7 Å². The van der Waals surface area contributed by atoms with Crippen molar-refractivity contribution in [2.75, 3.05) is 0 Å². The summed E-state index contributed by atoms with van der Waals surface area (Å²) >= 11 is 0. The van der Waals surface area contributed by atoms with Crippen molar-refractivity contribution in [1.82, 2.24) is 0 Å². The normalized spacial score (nSPS) is 23.7. The lowest BCUT2D eigenvalue weighted by molar-refractivity contribution is -0.755. The fraction of sp³-hybridized carbons (Fsp3) is 0.320. The lowest BCUT2D eigenvalue weighted by Crippen LogP contribution is -2.68. The number of fused-ring (bicyclic) bond motifs is 5. The van der Waals surface area contributed by atoms with Crippen LogP contribution < -0.4 is 4.57 Å². The number of aryl methyl sites for hydroxylation is 1. The minimum absolute atomic E-state index is 0.129. The minimum atomic E-state index is -0.310. The van der Waals surface area contributed by atoms with Gasteiger partial charge in [0, 0.05) is 12.5 Å². The van der Waals surface area contributed by atoms with E-state index in [0.717, 1.165) is 24.0 Å². The molecule has 27 heavy (non-hydrogen) atoms. The fourth-order valence-electron chi connectivity index (χ4n) is 5.18. The maximum atomic E-state index is 14.7. The molecule has 2 heterocycles. The molecule has 0 saturated heterocycles. The first-order chi connectivity index (χ1) is 12.9. The molecule has 1 nitrogen and oxygen atoms in total. The average molecular weight is 360 g/mol. The molecule has 0 amide bonds. The number of rotatable bonds is 3. The van der Waals surface area contributed by atoms with E-state index in [1.165, 1.54) is 16.5 Å². The van der Waals surface area contributed by atoms with E-state index >= 15 is 0 Å². The van der Waals surface area contributed by atoms with Gasteiger partial charge >= 0.3 is 0 Å². The lowest BCUT2D eigenvalue weighted by atomic mass is 9.59. The second-order valence-electron chi connectivity index (χ2n) is 7.94. The molecule has 1 aliphatic heterocycles. The number of hydrogen-bond donors (Lipinski definition) is 0. The highest BCUT2D eigenvalue weighted by Crippen LogP contribution is 2.51. The van der Waals surface area contributed by atoms with Gasteiger partial charge in [0.05, 0.1) is 16.4 Å². The van der Waals surface area contributed by atoms with Gasteiger partial charge in [0.1, 0.15) is 5.82 Å². The molecule has 2 atom stereocenters. The molecular weight excluding hydrogens is 333 g/mol. The van der Waals surface area contributed by atoms with Crippen LogP contribution in [0.25, 0.3) is 22.0 Å². The Hall–Kier alpha value is -2.48. The van der Waals surface area contributed by atoms with Gasteiger partial charge in [0.25, 0.3) is 0 Å². The molecule has 0 N–H and O–H groups in total. The zero-order chi connectivity index (χ0) is 19.4. The maximum absolute atomic E-state index is 14.7. The zero-order valence-corrected chi connectivity index (χ0v) is 16.6. The van der Waals surface area contributed by atoms with Crippen LogP contribution >= 0.6 is 0 Å². The molecule has 138 valence electrons. The van der Waals surface area contributed by atoms with Gasteiger partial charge in [-0.2, -0.15) is 4.57 Å². The van der Waals surface area contributed by atoms with Gasteiger partial charge < -0.3 is 0 Å². The first-order valence-electron chi connectivity index (χ1n) is 9.82. The number of allylic oxidation sites excluding steroid dienone is 1. The molecule has 1 aliphatic rings. The number of aromatic nitrogens is 1. The summed E-state index contributed by atoms with van der Waals surface area (Å²) < 4.78 is 17.1. The Morgan fingerprint density at radius 3 is 2.52 bits per heavy atom. The molecule has 0 bridgehead atoms. The zero-order valence-electron chi connectivity index (χ0n) is 16.6. The third-order valence-corrected chi connectivity index (χ3v) is 6.98. The van der Waals surface area contributed by atoms with Crippen LogP contribution in [-0.2, 0) is 11.0 Å². The average Bonchev–Trinajstić information content (AvgIpc) is 2.70. The minimum Gasteiger partial charge on any atom is -0.207 e. The third-order valence-electron chi connectivity index (χ3n) is 6.98. The largest absolute Gasteiger partial charge is 0.221 e. The summed E-state index contributed by atoms with van der Waals surface area (Å²) in [6.07, 6.45) is 6.07. The fourth-order valence-corrected chi connectivity index (χ4v) is 5.18. The molecule has 0 saturated carbocycles. The van der Waals surface area contributed by atoms with E-state index in [2.05, 4.69) is 74.5 Å². The van der Waals surface area contributed by atoms with Crippen LogP contribution in [0.3, 0.4) is 0 Å². The van der Waals surface area contributed by atoms with Crippen molar-refractivity contribution in [3.8, 4) is 11.3 Å². The number of hydrogen-bond acceptors (Lipinski definition) is 0. The van der Waals surface area contributed by atoms with Crippen LogP contribution in [0.5, 0.6) is 0 Å². The van der Waals surface area contributed by atoms with Gasteiger partial charge in [-0.25, -0.2) is 4.39 Å². The summed E-state index contributed by atoms with van der Waals surface area (Å²) in [7, 11) is 0. The quantitative estimate of drug-likeness (QED) is 0.386. The van der Waals surface area contributed by atoms with E-state index in [1.807, 2.05) is 13.0 Å². The van der Waals surface area contributed by atoms with Crippen molar-refractivity contribution in [3.05, 3.63) is 78.3 Å². The number of benzene rings is 2. The van der Waals surface area contributed by atoms with E-state index in [1.54, 1.807) is 6.07 Å². The van der Waals surface area contributed by atoms with Crippen molar-refractivity contribution in [2.45, 2.75) is 51.5 Å². The molecule has 2 aromatic carbocycles. The van der Waals surface area contributed by atoms with E-state index in [-0.39, 0.29) is 16.8 Å². The Kier molecular flexibility index (Phi) is 3.99. The Morgan fingerprint density at radius 2 is 1.85 bits per heavy atom. The smallest absolute Gasteiger partial charge is 0.207 e. The van der Waals surface area contributed by atoms with E-state index in [4.69, 9.17) is 0 Å². The monoisotopic (exact) mass is 360 g/mol. The number of nitrogens with zero attached hydrogens (tertiary/aromatic N) is 1. The number of halogens is 1. The number of pyridine rings is 1. The molecule has 0 aliphatic carbocycles. The molecule has 0 fully saturated rings. The second kappa shape index (κ2) is 6.02. The van der Waals surface area contributed by atoms with Crippen LogP contribution in [-0.4, -0.2) is 0 Å². The maximum Gasteiger partial charge on any atom is 0.221 e. The molecule has 1 aromatic heterocycles. The topological polar surface area (TPSA) is 3.88 Å². The second-order valence-corrected chi connectivity index (χ2v) is 7.94. The van der Waals surface area contributed by atoms with Crippen LogP contribution in [0.2, 0.25) is 0 Å². The highest BCUT2D eigenvalue weighted by atomic mass is 19.1. The Labute approximate surface area is 161 Å². The Morgan fingerprint density at radius 1 is 1.11 bits per heavy atom. The van der Waals surface area contributed by atoms with Gasteiger partial charge in [-0.05, 0) is 61.1 Å². The van der Waals surface area contributed by atoms with Crippen LogP contribution in [0.4, 0.5) is 4.39 Å². The lowest BCUT2D eigenvalue weighted by Gasteiger charge is -2.46. The summed E-state index contributed by atoms with van der Waals surface area (Å²) in [4.78, 5) is 0. The molecule has 2 unspecified atom stereocenters. The molecule has 2 heteroatoms. The molecule has 0 radical (unpaired) electrons. The summed E-state index contributed by atoms with van der Waals surface area (Å²) in [5.74, 6) is -0.129. The van der Waals surface area contributed by atoms with E-state index < -0.39 is 0 Å². The predicted octanol–water partition coefficient (Wildman–Crippen LogP) is 6.21. The summed E-state index contributed by atoms with van der Waals surface area (Å²) in [5, 5.41) is 2.40. The molecular formula is C25H27FN+. The van der Waals surface area contributed by atoms with Gasteiger partial charge in [0.2, 0.25) is 5.69 Å². The van der Waals surface area contributed by atoms with Crippen molar-refractivity contribution in [1.29, 1.82) is 0 Å². The molecule has 4 rings (SSSR count). The van der Waals surface area contributed by atoms with Gasteiger partial charge in [-0.15, -0.1) is 0 Å². The molecule has 0 spiro atoms. The van der Waals surface area contributed by atoms with Crippen molar-refractivity contribution < 1.29 is 8.96 Å². The van der Waals surface area contributed by atoms with Crippen molar-refractivity contribution in [3.63, 3.8) is 0 Å². The SMILES string of the molecule is C=CC1(CC)[n+]2ccc3ccccc3c2-c2cc(C)c(F)cc2C1(C)CC. The van der Waals surface area contributed by atoms with Crippen LogP contribution in [0.15, 0.2) is 61.3 Å². The highest BCUT2D eigenvalue weighted by Gasteiger charge is 2.58. The third kappa shape index (κ3) is 2.13. The van der Waals surface area contributed by atoms with Gasteiger partial charge in [-0.3, -0.25) is 0 Å². The Bertz CT molecular complexity index is 1070. The van der Waals surface area contributed by atoms with Gasteiger partial charge in [-0.1, -0.05) is 38.6 Å². The molecule has 3 aromatic rings. The first kappa shape index (κ1) is 17.9. The highest BCUT2D eigenvalue weighted by molar-refractivity contribution is 5.94. The summed E-state index contributed by atoms with van der Waals surface area (Å²) in [6, 6.07) is 14.4. The summed E-state index contributed by atoms with van der Waals surface area (Å²) in [6.45, 7) is 12.8. The van der Waals surface area contributed by atoms with E-state index in [0.29, 0.717) is 5.56 Å². The van der Waals surface area contributed by atoms with Crippen LogP contribution in [0, 0.1) is 12.7 Å². The van der Waals surface area contributed by atoms with Crippen molar-refractivity contribution >= 4 is 10.8 Å². The standard InChI is InChI=1S/C25H27FN/c1-6-24(5)21-16-22(26)17(4)15-20(21)23-19-12-10-9-11-18(19)13-14-27(23)25(24,7-2)8-3/h7,9-16H,2,6,8H2,1,3-5H3/q+1.